The SMILES string of the molecule is O=C(O)N1CC2=C(CC(N3C(=O)c4ccccc4C3=O)C2)C1. The molecule has 0 aromatic heterocycles. The molecule has 22 heavy (non-hydrogen) atoms. The Bertz CT molecular complexity index is 699. The molecule has 3 amide bonds. The van der Waals surface area contributed by atoms with E-state index in [9.17, 15) is 14.4 Å². The van der Waals surface area contributed by atoms with Gasteiger partial charge in [-0.15, -0.1) is 0 Å². The first-order valence-corrected chi connectivity index (χ1v) is 7.21. The smallest absolute Gasteiger partial charge is 0.407 e. The van der Waals surface area contributed by atoms with E-state index in [1.807, 2.05) is 0 Å². The average molecular weight is 298 g/mol. The zero-order chi connectivity index (χ0) is 15.4. The maximum absolute atomic E-state index is 12.5. The Morgan fingerprint density at radius 1 is 1.00 bits per heavy atom. The summed E-state index contributed by atoms with van der Waals surface area (Å²) in [4.78, 5) is 38.7. The maximum atomic E-state index is 12.5. The van der Waals surface area contributed by atoms with E-state index in [4.69, 9.17) is 5.11 Å². The fraction of sp³-hybridized carbons (Fsp3) is 0.312. The largest absolute Gasteiger partial charge is 0.465 e. The van der Waals surface area contributed by atoms with Gasteiger partial charge in [-0.05, 0) is 36.1 Å². The van der Waals surface area contributed by atoms with Crippen LogP contribution in [0.3, 0.4) is 0 Å². The fourth-order valence-corrected chi connectivity index (χ4v) is 3.66. The number of hydrogen-bond donors (Lipinski definition) is 1. The Morgan fingerprint density at radius 2 is 1.50 bits per heavy atom. The van der Waals surface area contributed by atoms with Gasteiger partial charge < -0.3 is 10.0 Å². The van der Waals surface area contributed by atoms with Gasteiger partial charge in [0.05, 0.1) is 11.1 Å². The summed E-state index contributed by atoms with van der Waals surface area (Å²) in [6, 6.07) is 6.69. The van der Waals surface area contributed by atoms with E-state index in [-0.39, 0.29) is 17.9 Å². The van der Waals surface area contributed by atoms with Crippen LogP contribution in [0.4, 0.5) is 4.79 Å². The molecule has 6 nitrogen and oxygen atoms in total. The Labute approximate surface area is 126 Å². The van der Waals surface area contributed by atoms with Crippen molar-refractivity contribution in [3.05, 3.63) is 46.5 Å². The summed E-state index contributed by atoms with van der Waals surface area (Å²) in [5.41, 5.74) is 3.05. The van der Waals surface area contributed by atoms with Crippen molar-refractivity contribution >= 4 is 17.9 Å². The van der Waals surface area contributed by atoms with Crippen LogP contribution in [0.2, 0.25) is 0 Å². The third-order valence-electron chi connectivity index (χ3n) is 4.69. The van der Waals surface area contributed by atoms with Crippen molar-refractivity contribution in [2.45, 2.75) is 18.9 Å². The van der Waals surface area contributed by atoms with Gasteiger partial charge in [0.2, 0.25) is 0 Å². The summed E-state index contributed by atoms with van der Waals surface area (Å²) < 4.78 is 0. The second-order valence-corrected chi connectivity index (χ2v) is 5.93. The molecular formula is C16H14N2O4. The molecule has 3 aliphatic rings. The number of rotatable bonds is 1. The van der Waals surface area contributed by atoms with Crippen molar-refractivity contribution in [1.82, 2.24) is 9.80 Å². The Kier molecular flexibility index (Phi) is 2.63. The third kappa shape index (κ3) is 1.70. The first-order valence-electron chi connectivity index (χ1n) is 7.21. The van der Waals surface area contributed by atoms with E-state index in [0.29, 0.717) is 37.1 Å². The summed E-state index contributed by atoms with van der Waals surface area (Å²) in [5, 5.41) is 9.03. The van der Waals surface area contributed by atoms with E-state index in [1.165, 1.54) is 9.80 Å². The number of benzene rings is 1. The van der Waals surface area contributed by atoms with Crippen LogP contribution in [0.15, 0.2) is 35.4 Å². The van der Waals surface area contributed by atoms with E-state index in [2.05, 4.69) is 0 Å². The molecule has 0 spiro atoms. The molecule has 0 atom stereocenters. The van der Waals surface area contributed by atoms with Gasteiger partial charge >= 0.3 is 6.09 Å². The van der Waals surface area contributed by atoms with E-state index < -0.39 is 6.09 Å². The first kappa shape index (κ1) is 13.1. The van der Waals surface area contributed by atoms with Crippen molar-refractivity contribution < 1.29 is 19.5 Å². The van der Waals surface area contributed by atoms with E-state index in [1.54, 1.807) is 24.3 Å². The van der Waals surface area contributed by atoms with Crippen LogP contribution < -0.4 is 0 Å². The van der Waals surface area contributed by atoms with Gasteiger partial charge in [-0.3, -0.25) is 14.5 Å². The average Bonchev–Trinajstić information content (AvgIpc) is 3.11. The van der Waals surface area contributed by atoms with Gasteiger partial charge in [-0.2, -0.15) is 0 Å². The number of fused-ring (bicyclic) bond motifs is 1. The van der Waals surface area contributed by atoms with Crippen molar-refractivity contribution in [3.63, 3.8) is 0 Å². The van der Waals surface area contributed by atoms with Crippen LogP contribution in [-0.4, -0.2) is 51.9 Å². The number of carbonyl (C=O) groups is 3. The molecule has 0 saturated carbocycles. The summed E-state index contributed by atoms with van der Waals surface area (Å²) in [7, 11) is 0. The predicted molar refractivity (Wildman–Crippen MR) is 76.6 cm³/mol. The number of carbonyl (C=O) groups excluding carboxylic acids is 2. The van der Waals surface area contributed by atoms with Crippen molar-refractivity contribution in [3.8, 4) is 0 Å². The minimum absolute atomic E-state index is 0.173. The normalized spacial score (nSPS) is 20.9. The molecule has 2 heterocycles. The summed E-state index contributed by atoms with van der Waals surface area (Å²) in [6.45, 7) is 0.786. The third-order valence-corrected chi connectivity index (χ3v) is 4.69. The number of carboxylic acid groups (broad SMARTS) is 1. The minimum atomic E-state index is -0.924. The lowest BCUT2D eigenvalue weighted by atomic mass is 10.1. The number of nitrogens with zero attached hydrogens (tertiary/aromatic N) is 2. The molecule has 1 aliphatic carbocycles. The molecule has 0 radical (unpaired) electrons. The predicted octanol–water partition coefficient (Wildman–Crippen LogP) is 1.74. The van der Waals surface area contributed by atoms with Gasteiger partial charge in [0, 0.05) is 19.1 Å². The zero-order valence-electron chi connectivity index (χ0n) is 11.8. The number of imide groups is 1. The van der Waals surface area contributed by atoms with Crippen LogP contribution >= 0.6 is 0 Å². The highest BCUT2D eigenvalue weighted by molar-refractivity contribution is 6.21. The highest BCUT2D eigenvalue weighted by Crippen LogP contribution is 2.38. The molecule has 112 valence electrons. The summed E-state index contributed by atoms with van der Waals surface area (Å²) in [5.74, 6) is -0.469. The van der Waals surface area contributed by atoms with Crippen molar-refractivity contribution in [2.75, 3.05) is 13.1 Å². The topological polar surface area (TPSA) is 77.9 Å². The Morgan fingerprint density at radius 3 is 1.95 bits per heavy atom. The van der Waals surface area contributed by atoms with E-state index >= 15 is 0 Å². The van der Waals surface area contributed by atoms with Crippen LogP contribution in [0.1, 0.15) is 33.6 Å². The molecule has 0 saturated heterocycles. The second kappa shape index (κ2) is 4.43. The molecule has 1 aromatic carbocycles. The fourth-order valence-electron chi connectivity index (χ4n) is 3.66. The summed E-state index contributed by atoms with van der Waals surface area (Å²) in [6.07, 6.45) is 0.251. The molecule has 0 fully saturated rings. The lowest BCUT2D eigenvalue weighted by Crippen LogP contribution is -2.40. The highest BCUT2D eigenvalue weighted by atomic mass is 16.4. The van der Waals surface area contributed by atoms with Crippen molar-refractivity contribution in [1.29, 1.82) is 0 Å². The molecule has 1 aromatic rings. The van der Waals surface area contributed by atoms with Gasteiger partial charge in [0.1, 0.15) is 0 Å². The molecule has 6 heteroatoms. The van der Waals surface area contributed by atoms with Crippen LogP contribution in [-0.2, 0) is 0 Å². The van der Waals surface area contributed by atoms with Crippen LogP contribution in [0, 0.1) is 0 Å². The molecule has 1 N–H and O–H groups in total. The highest BCUT2D eigenvalue weighted by Gasteiger charge is 2.44. The number of hydrogen-bond acceptors (Lipinski definition) is 3. The van der Waals surface area contributed by atoms with Gasteiger partial charge in [0.25, 0.3) is 11.8 Å². The number of likely N-dealkylation sites (tertiary alicyclic amines) is 1. The Hall–Kier alpha value is -2.63. The first-order chi connectivity index (χ1) is 10.6. The molecule has 2 aliphatic heterocycles. The van der Waals surface area contributed by atoms with Crippen LogP contribution in [0.5, 0.6) is 0 Å². The zero-order valence-corrected chi connectivity index (χ0v) is 11.8. The molecule has 0 unspecified atom stereocenters. The lowest BCUT2D eigenvalue weighted by molar-refractivity contribution is 0.0586. The van der Waals surface area contributed by atoms with Crippen LogP contribution in [0.25, 0.3) is 0 Å². The molecular weight excluding hydrogens is 284 g/mol. The number of amides is 3. The van der Waals surface area contributed by atoms with Gasteiger partial charge in [-0.25, -0.2) is 4.79 Å². The standard InChI is InChI=1S/C16H14N2O4/c19-14-12-3-1-2-4-13(12)15(20)18(14)11-5-9-7-17(16(21)22)8-10(9)6-11/h1-4,11H,5-8H2,(H,21,22). The minimum Gasteiger partial charge on any atom is -0.465 e. The van der Waals surface area contributed by atoms with Crippen molar-refractivity contribution in [2.24, 2.45) is 0 Å². The summed E-state index contributed by atoms with van der Waals surface area (Å²) >= 11 is 0. The van der Waals surface area contributed by atoms with Gasteiger partial charge in [-0.1, -0.05) is 12.1 Å². The Balaban J connectivity index is 1.54. The lowest BCUT2D eigenvalue weighted by Gasteiger charge is -2.24. The monoisotopic (exact) mass is 298 g/mol. The quantitative estimate of drug-likeness (QED) is 0.632. The maximum Gasteiger partial charge on any atom is 0.407 e. The molecule has 0 bridgehead atoms. The molecule has 4 rings (SSSR count). The van der Waals surface area contributed by atoms with Gasteiger partial charge in [0.15, 0.2) is 0 Å². The van der Waals surface area contributed by atoms with E-state index in [0.717, 1.165) is 11.1 Å². The second-order valence-electron chi connectivity index (χ2n) is 5.93.